The minimum atomic E-state index is 0.437. The molecule has 0 amide bonds. The molecule has 0 spiro atoms. The third-order valence-electron chi connectivity index (χ3n) is 2.34. The molecule has 0 saturated heterocycles. The van der Waals surface area contributed by atoms with Crippen molar-refractivity contribution in [2.45, 2.75) is 20.0 Å². The average Bonchev–Trinajstić information content (AvgIpc) is 2.64. The van der Waals surface area contributed by atoms with Crippen molar-refractivity contribution >= 4 is 11.6 Å². The van der Waals surface area contributed by atoms with Crippen molar-refractivity contribution in [3.63, 3.8) is 0 Å². The number of hydrogen-bond acceptors (Lipinski definition) is 2. The van der Waals surface area contributed by atoms with Gasteiger partial charge in [-0.1, -0.05) is 29.8 Å². The molecule has 1 aromatic heterocycles. The summed E-state index contributed by atoms with van der Waals surface area (Å²) in [6.07, 6.45) is 0. The third kappa shape index (κ3) is 3.12. The topological polar surface area (TPSA) is 25.2 Å². The van der Waals surface area contributed by atoms with Gasteiger partial charge in [-0.05, 0) is 36.2 Å². The van der Waals surface area contributed by atoms with Crippen LogP contribution in [0.25, 0.3) is 0 Å². The highest BCUT2D eigenvalue weighted by Crippen LogP contribution is 2.12. The summed E-state index contributed by atoms with van der Waals surface area (Å²) in [5.41, 5.74) is 2.55. The van der Waals surface area contributed by atoms with E-state index in [0.717, 1.165) is 12.3 Å². The molecular weight excluding hydrogens is 222 g/mol. The Bertz CT molecular complexity index is 464. The minimum Gasteiger partial charge on any atom is -0.448 e. The first kappa shape index (κ1) is 11.2. The number of hydrogen-bond donors (Lipinski definition) is 1. The van der Waals surface area contributed by atoms with E-state index >= 15 is 0 Å². The Kier molecular flexibility index (Phi) is 3.65. The van der Waals surface area contributed by atoms with Crippen molar-refractivity contribution in [1.29, 1.82) is 0 Å². The van der Waals surface area contributed by atoms with E-state index in [1.165, 1.54) is 11.1 Å². The van der Waals surface area contributed by atoms with Gasteiger partial charge >= 0.3 is 0 Å². The second-order valence-electron chi connectivity index (χ2n) is 3.80. The molecule has 2 nitrogen and oxygen atoms in total. The molecule has 3 heteroatoms. The van der Waals surface area contributed by atoms with E-state index in [-0.39, 0.29) is 0 Å². The Hall–Kier alpha value is -1.25. The lowest BCUT2D eigenvalue weighted by atomic mass is 10.1. The number of aryl methyl sites for hydroxylation is 1. The number of nitrogens with one attached hydrogen (secondary N) is 1. The second kappa shape index (κ2) is 5.19. The number of halogens is 1. The van der Waals surface area contributed by atoms with Crippen LogP contribution in [0, 0.1) is 6.92 Å². The molecule has 0 atom stereocenters. The van der Waals surface area contributed by atoms with Crippen molar-refractivity contribution in [3.05, 3.63) is 58.5 Å². The van der Waals surface area contributed by atoms with Crippen molar-refractivity contribution < 1.29 is 4.42 Å². The molecule has 0 saturated carbocycles. The molecule has 84 valence electrons. The highest BCUT2D eigenvalue weighted by molar-refractivity contribution is 6.28. The second-order valence-corrected chi connectivity index (χ2v) is 4.17. The summed E-state index contributed by atoms with van der Waals surface area (Å²) in [5, 5.41) is 3.74. The normalized spacial score (nSPS) is 10.6. The van der Waals surface area contributed by atoms with Gasteiger partial charge in [-0.15, -0.1) is 0 Å². The molecule has 2 rings (SSSR count). The van der Waals surface area contributed by atoms with Crippen molar-refractivity contribution in [1.82, 2.24) is 5.32 Å². The number of benzene rings is 1. The maximum Gasteiger partial charge on any atom is 0.193 e. The lowest BCUT2D eigenvalue weighted by Crippen LogP contribution is -2.12. The van der Waals surface area contributed by atoms with Crippen LogP contribution in [0.2, 0.25) is 5.22 Å². The van der Waals surface area contributed by atoms with Gasteiger partial charge in [-0.25, -0.2) is 0 Å². The standard InChI is InChI=1S/C13H14ClNO/c1-10-3-2-4-11(7-10)8-15-9-12-5-6-13(14)16-12/h2-7,15H,8-9H2,1H3. The highest BCUT2D eigenvalue weighted by atomic mass is 35.5. The molecule has 0 aliphatic rings. The molecule has 1 N–H and O–H groups in total. The number of rotatable bonds is 4. The van der Waals surface area contributed by atoms with E-state index in [0.29, 0.717) is 11.8 Å². The van der Waals surface area contributed by atoms with Crippen LogP contribution in [0.5, 0.6) is 0 Å². The van der Waals surface area contributed by atoms with Crippen LogP contribution >= 0.6 is 11.6 Å². The van der Waals surface area contributed by atoms with E-state index in [1.807, 2.05) is 6.07 Å². The van der Waals surface area contributed by atoms with E-state index in [1.54, 1.807) is 6.07 Å². The van der Waals surface area contributed by atoms with Gasteiger partial charge in [0.25, 0.3) is 0 Å². The van der Waals surface area contributed by atoms with E-state index in [4.69, 9.17) is 16.0 Å². The molecule has 0 radical (unpaired) electrons. The van der Waals surface area contributed by atoms with Crippen molar-refractivity contribution in [2.24, 2.45) is 0 Å². The summed E-state index contributed by atoms with van der Waals surface area (Å²) in [6, 6.07) is 12.1. The van der Waals surface area contributed by atoms with E-state index < -0.39 is 0 Å². The first-order valence-electron chi connectivity index (χ1n) is 5.24. The third-order valence-corrected chi connectivity index (χ3v) is 2.54. The largest absolute Gasteiger partial charge is 0.448 e. The van der Waals surface area contributed by atoms with Gasteiger partial charge in [0.2, 0.25) is 0 Å². The molecule has 0 unspecified atom stereocenters. The summed E-state index contributed by atoms with van der Waals surface area (Å²) in [4.78, 5) is 0. The van der Waals surface area contributed by atoms with Gasteiger partial charge < -0.3 is 9.73 Å². The minimum absolute atomic E-state index is 0.437. The van der Waals surface area contributed by atoms with Gasteiger partial charge in [0.05, 0.1) is 6.54 Å². The summed E-state index contributed by atoms with van der Waals surface area (Å²) in [5.74, 6) is 0.859. The van der Waals surface area contributed by atoms with Crippen LogP contribution < -0.4 is 5.32 Å². The summed E-state index contributed by atoms with van der Waals surface area (Å²) >= 11 is 5.68. The van der Waals surface area contributed by atoms with Crippen molar-refractivity contribution in [2.75, 3.05) is 0 Å². The fraction of sp³-hybridized carbons (Fsp3) is 0.231. The summed E-state index contributed by atoms with van der Waals surface area (Å²) < 4.78 is 5.25. The van der Waals surface area contributed by atoms with Gasteiger partial charge in [0.15, 0.2) is 5.22 Å². The molecule has 0 aliphatic carbocycles. The molecule has 16 heavy (non-hydrogen) atoms. The Labute approximate surface area is 100 Å². The fourth-order valence-electron chi connectivity index (χ4n) is 1.60. The monoisotopic (exact) mass is 235 g/mol. The Balaban J connectivity index is 1.84. The predicted molar refractivity (Wildman–Crippen MR) is 65.4 cm³/mol. The molecule has 0 aliphatic heterocycles. The molecule has 1 heterocycles. The smallest absolute Gasteiger partial charge is 0.193 e. The van der Waals surface area contributed by atoms with E-state index in [2.05, 4.69) is 36.5 Å². The van der Waals surface area contributed by atoms with Gasteiger partial charge in [0.1, 0.15) is 5.76 Å². The maximum absolute atomic E-state index is 5.68. The molecule has 0 fully saturated rings. The van der Waals surface area contributed by atoms with Crippen molar-refractivity contribution in [3.8, 4) is 0 Å². The maximum atomic E-state index is 5.68. The first-order valence-corrected chi connectivity index (χ1v) is 5.62. The predicted octanol–water partition coefficient (Wildman–Crippen LogP) is 3.53. The van der Waals surface area contributed by atoms with Gasteiger partial charge in [-0.3, -0.25) is 0 Å². The Morgan fingerprint density at radius 3 is 2.75 bits per heavy atom. The molecular formula is C13H14ClNO. The summed E-state index contributed by atoms with van der Waals surface area (Å²) in [7, 11) is 0. The van der Waals surface area contributed by atoms with E-state index in [9.17, 15) is 0 Å². The average molecular weight is 236 g/mol. The fourth-order valence-corrected chi connectivity index (χ4v) is 1.76. The molecule has 2 aromatic rings. The molecule has 0 bridgehead atoms. The van der Waals surface area contributed by atoms with Crippen LogP contribution in [0.15, 0.2) is 40.8 Å². The van der Waals surface area contributed by atoms with Crippen LogP contribution in [0.1, 0.15) is 16.9 Å². The van der Waals surface area contributed by atoms with Crippen LogP contribution in [0.3, 0.4) is 0 Å². The first-order chi connectivity index (χ1) is 7.74. The zero-order chi connectivity index (χ0) is 11.4. The molecule has 1 aromatic carbocycles. The Morgan fingerprint density at radius 1 is 1.19 bits per heavy atom. The summed E-state index contributed by atoms with van der Waals surface area (Å²) in [6.45, 7) is 3.62. The zero-order valence-electron chi connectivity index (χ0n) is 9.16. The van der Waals surface area contributed by atoms with Crippen LogP contribution in [-0.2, 0) is 13.1 Å². The lowest BCUT2D eigenvalue weighted by Gasteiger charge is -2.03. The van der Waals surface area contributed by atoms with Crippen LogP contribution in [0.4, 0.5) is 0 Å². The quantitative estimate of drug-likeness (QED) is 0.877. The highest BCUT2D eigenvalue weighted by Gasteiger charge is 1.99. The van der Waals surface area contributed by atoms with Gasteiger partial charge in [0, 0.05) is 6.54 Å². The SMILES string of the molecule is Cc1cccc(CNCc2ccc(Cl)o2)c1. The zero-order valence-corrected chi connectivity index (χ0v) is 9.92. The Morgan fingerprint density at radius 2 is 2.06 bits per heavy atom. The lowest BCUT2D eigenvalue weighted by molar-refractivity contribution is 0.484. The van der Waals surface area contributed by atoms with Gasteiger partial charge in [-0.2, -0.15) is 0 Å². The number of furan rings is 1. The van der Waals surface area contributed by atoms with Crippen LogP contribution in [-0.4, -0.2) is 0 Å².